The minimum Gasteiger partial charge on any atom is -0.303 e. The summed E-state index contributed by atoms with van der Waals surface area (Å²) in [6, 6.07) is 0.819. The van der Waals surface area contributed by atoms with Crippen molar-refractivity contribution in [1.29, 1.82) is 0 Å². The third-order valence-corrected chi connectivity index (χ3v) is 3.73. The standard InChI is InChI=1S/C12H25NS/c1-11(12-7-8-12)13(2)9-5-3-4-6-10-14/h11-12,14H,3-10H2,1-2H3. The molecule has 0 spiro atoms. The van der Waals surface area contributed by atoms with Gasteiger partial charge in [0, 0.05) is 6.04 Å². The first-order chi connectivity index (χ1) is 6.75. The van der Waals surface area contributed by atoms with Crippen LogP contribution < -0.4 is 0 Å². The number of nitrogens with zero attached hydrogens (tertiary/aromatic N) is 1. The molecule has 84 valence electrons. The summed E-state index contributed by atoms with van der Waals surface area (Å²) in [5.41, 5.74) is 0. The molecule has 1 rings (SSSR count). The van der Waals surface area contributed by atoms with Crippen LogP contribution in [0.3, 0.4) is 0 Å². The average molecular weight is 215 g/mol. The maximum Gasteiger partial charge on any atom is 0.00921 e. The van der Waals surface area contributed by atoms with Gasteiger partial charge in [-0.1, -0.05) is 12.8 Å². The zero-order valence-corrected chi connectivity index (χ0v) is 10.6. The lowest BCUT2D eigenvalue weighted by molar-refractivity contribution is 0.230. The quantitative estimate of drug-likeness (QED) is 0.481. The van der Waals surface area contributed by atoms with Gasteiger partial charge in [-0.15, -0.1) is 0 Å². The lowest BCUT2D eigenvalue weighted by Gasteiger charge is -2.24. The fourth-order valence-electron chi connectivity index (χ4n) is 1.97. The average Bonchev–Trinajstić information content (AvgIpc) is 2.99. The number of hydrogen-bond donors (Lipinski definition) is 1. The highest BCUT2D eigenvalue weighted by Crippen LogP contribution is 2.34. The Balaban J connectivity index is 1.94. The Morgan fingerprint density at radius 2 is 1.86 bits per heavy atom. The van der Waals surface area contributed by atoms with Gasteiger partial charge in [0.05, 0.1) is 0 Å². The molecule has 0 aromatic rings. The number of rotatable bonds is 8. The molecule has 1 aliphatic rings. The van der Waals surface area contributed by atoms with E-state index in [0.717, 1.165) is 17.7 Å². The predicted molar refractivity (Wildman–Crippen MR) is 67.1 cm³/mol. The van der Waals surface area contributed by atoms with E-state index in [1.807, 2.05) is 0 Å². The third kappa shape index (κ3) is 4.70. The van der Waals surface area contributed by atoms with Crippen LogP contribution in [0.25, 0.3) is 0 Å². The Morgan fingerprint density at radius 1 is 1.21 bits per heavy atom. The van der Waals surface area contributed by atoms with E-state index in [4.69, 9.17) is 0 Å². The van der Waals surface area contributed by atoms with Gasteiger partial charge in [-0.05, 0) is 57.9 Å². The van der Waals surface area contributed by atoms with Gasteiger partial charge < -0.3 is 4.90 Å². The van der Waals surface area contributed by atoms with Crippen LogP contribution in [0.15, 0.2) is 0 Å². The maximum absolute atomic E-state index is 4.22. The summed E-state index contributed by atoms with van der Waals surface area (Å²) in [5, 5.41) is 0. The van der Waals surface area contributed by atoms with Gasteiger partial charge in [0.25, 0.3) is 0 Å². The van der Waals surface area contributed by atoms with Crippen molar-refractivity contribution in [3.05, 3.63) is 0 Å². The first kappa shape index (κ1) is 12.4. The Labute approximate surface area is 94.7 Å². The molecule has 0 aliphatic heterocycles. The molecule has 0 aromatic carbocycles. The van der Waals surface area contributed by atoms with E-state index in [0.29, 0.717) is 0 Å². The van der Waals surface area contributed by atoms with Crippen molar-refractivity contribution >= 4 is 12.6 Å². The molecule has 0 heterocycles. The van der Waals surface area contributed by atoms with Crippen molar-refractivity contribution in [3.63, 3.8) is 0 Å². The molecule has 1 atom stereocenters. The van der Waals surface area contributed by atoms with Crippen LogP contribution in [0.5, 0.6) is 0 Å². The van der Waals surface area contributed by atoms with Crippen molar-refractivity contribution in [3.8, 4) is 0 Å². The molecular weight excluding hydrogens is 190 g/mol. The Bertz CT molecular complexity index is 145. The van der Waals surface area contributed by atoms with Crippen LogP contribution in [-0.4, -0.2) is 30.3 Å². The Morgan fingerprint density at radius 3 is 2.43 bits per heavy atom. The number of hydrogen-bond acceptors (Lipinski definition) is 2. The van der Waals surface area contributed by atoms with Crippen molar-refractivity contribution in [2.24, 2.45) is 5.92 Å². The van der Waals surface area contributed by atoms with Gasteiger partial charge in [-0.2, -0.15) is 12.6 Å². The predicted octanol–water partition coefficient (Wildman–Crippen LogP) is 3.21. The Hall–Kier alpha value is 0.310. The van der Waals surface area contributed by atoms with Crippen molar-refractivity contribution < 1.29 is 0 Å². The lowest BCUT2D eigenvalue weighted by atomic mass is 10.1. The zero-order valence-electron chi connectivity index (χ0n) is 9.71. The molecule has 1 unspecified atom stereocenters. The summed E-state index contributed by atoms with van der Waals surface area (Å²) in [4.78, 5) is 2.54. The minimum atomic E-state index is 0.819. The highest BCUT2D eigenvalue weighted by atomic mass is 32.1. The van der Waals surface area contributed by atoms with E-state index in [1.54, 1.807) is 0 Å². The summed E-state index contributed by atoms with van der Waals surface area (Å²) >= 11 is 4.22. The van der Waals surface area contributed by atoms with Crippen molar-refractivity contribution in [2.75, 3.05) is 19.3 Å². The van der Waals surface area contributed by atoms with E-state index >= 15 is 0 Å². The van der Waals surface area contributed by atoms with Crippen LogP contribution in [0, 0.1) is 5.92 Å². The molecule has 1 saturated carbocycles. The molecule has 0 bridgehead atoms. The molecule has 1 fully saturated rings. The molecule has 0 radical (unpaired) electrons. The topological polar surface area (TPSA) is 3.24 Å². The molecule has 1 aliphatic carbocycles. The van der Waals surface area contributed by atoms with E-state index < -0.39 is 0 Å². The number of unbranched alkanes of at least 4 members (excludes halogenated alkanes) is 3. The summed E-state index contributed by atoms with van der Waals surface area (Å²) in [6.45, 7) is 3.66. The second-order valence-electron chi connectivity index (χ2n) is 4.70. The van der Waals surface area contributed by atoms with E-state index in [2.05, 4.69) is 31.5 Å². The van der Waals surface area contributed by atoms with Gasteiger partial charge >= 0.3 is 0 Å². The van der Waals surface area contributed by atoms with Crippen LogP contribution in [-0.2, 0) is 0 Å². The second kappa shape index (κ2) is 6.73. The maximum atomic E-state index is 4.22. The number of thiol groups is 1. The fraction of sp³-hybridized carbons (Fsp3) is 1.00. The normalized spacial score (nSPS) is 18.9. The molecule has 0 saturated heterocycles. The third-order valence-electron chi connectivity index (χ3n) is 3.42. The van der Waals surface area contributed by atoms with Crippen molar-refractivity contribution in [1.82, 2.24) is 4.90 Å². The Kier molecular flexibility index (Phi) is 5.95. The van der Waals surface area contributed by atoms with E-state index in [-0.39, 0.29) is 0 Å². The van der Waals surface area contributed by atoms with Gasteiger partial charge in [0.2, 0.25) is 0 Å². The van der Waals surface area contributed by atoms with E-state index in [9.17, 15) is 0 Å². The molecule has 2 heteroatoms. The first-order valence-electron chi connectivity index (χ1n) is 6.07. The van der Waals surface area contributed by atoms with Gasteiger partial charge in [0.1, 0.15) is 0 Å². The summed E-state index contributed by atoms with van der Waals surface area (Å²) in [7, 11) is 2.28. The van der Waals surface area contributed by atoms with Gasteiger partial charge in [-0.25, -0.2) is 0 Å². The molecule has 0 aromatic heterocycles. The van der Waals surface area contributed by atoms with Gasteiger partial charge in [-0.3, -0.25) is 0 Å². The lowest BCUT2D eigenvalue weighted by Crippen LogP contribution is -2.31. The van der Waals surface area contributed by atoms with E-state index in [1.165, 1.54) is 45.1 Å². The van der Waals surface area contributed by atoms with Crippen molar-refractivity contribution in [2.45, 2.75) is 51.5 Å². The minimum absolute atomic E-state index is 0.819. The second-order valence-corrected chi connectivity index (χ2v) is 5.14. The zero-order chi connectivity index (χ0) is 10.4. The summed E-state index contributed by atoms with van der Waals surface area (Å²) in [6.07, 6.45) is 8.31. The highest BCUT2D eigenvalue weighted by molar-refractivity contribution is 7.80. The monoisotopic (exact) mass is 215 g/mol. The molecule has 1 nitrogen and oxygen atoms in total. The molecular formula is C12H25NS. The fourth-order valence-corrected chi connectivity index (χ4v) is 2.19. The molecule has 0 N–H and O–H groups in total. The van der Waals surface area contributed by atoms with Crippen LogP contribution in [0.2, 0.25) is 0 Å². The first-order valence-corrected chi connectivity index (χ1v) is 6.70. The van der Waals surface area contributed by atoms with Crippen LogP contribution >= 0.6 is 12.6 Å². The summed E-state index contributed by atoms with van der Waals surface area (Å²) in [5.74, 6) is 2.06. The highest BCUT2D eigenvalue weighted by Gasteiger charge is 2.29. The summed E-state index contributed by atoms with van der Waals surface area (Å²) < 4.78 is 0. The van der Waals surface area contributed by atoms with Crippen LogP contribution in [0.1, 0.15) is 45.4 Å². The SMILES string of the molecule is CC(C1CC1)N(C)CCCCCCS. The molecule has 0 amide bonds. The molecule has 14 heavy (non-hydrogen) atoms. The van der Waals surface area contributed by atoms with Gasteiger partial charge in [0.15, 0.2) is 0 Å². The smallest absolute Gasteiger partial charge is 0.00921 e. The van der Waals surface area contributed by atoms with Crippen LogP contribution in [0.4, 0.5) is 0 Å². The largest absolute Gasteiger partial charge is 0.303 e.